The van der Waals surface area contributed by atoms with E-state index in [0.29, 0.717) is 11.6 Å². The molecule has 1 heterocycles. The molecule has 0 spiro atoms. The van der Waals surface area contributed by atoms with E-state index >= 15 is 0 Å². The second-order valence-corrected chi connectivity index (χ2v) is 5.38. The molecule has 0 saturated heterocycles. The van der Waals surface area contributed by atoms with Crippen molar-refractivity contribution in [1.82, 2.24) is 9.55 Å². The normalized spacial score (nSPS) is 12.6. The number of ether oxygens (including phenoxy) is 1. The van der Waals surface area contributed by atoms with Gasteiger partial charge in [-0.1, -0.05) is 24.9 Å². The van der Waals surface area contributed by atoms with Crippen molar-refractivity contribution in [3.63, 3.8) is 0 Å². The minimum atomic E-state index is -0.318. The average Bonchev–Trinajstić information content (AvgIpc) is 2.82. The number of hydrogen-bond acceptors (Lipinski definition) is 3. The molecule has 0 aliphatic carbocycles. The third-order valence-corrected chi connectivity index (χ3v) is 3.75. The van der Waals surface area contributed by atoms with E-state index in [0.717, 1.165) is 36.2 Å². The Morgan fingerprint density at radius 2 is 2.14 bits per heavy atom. The topological polar surface area (TPSA) is 44.1 Å². The van der Waals surface area contributed by atoms with Gasteiger partial charge in [0.2, 0.25) is 0 Å². The predicted octanol–water partition coefficient (Wildman–Crippen LogP) is 4.16. The maximum Gasteiger partial charge on any atom is 0.316 e. The molecule has 21 heavy (non-hydrogen) atoms. The Bertz CT molecular complexity index is 636. The number of aromatic nitrogens is 2. The molecule has 5 heteroatoms. The highest BCUT2D eigenvalue weighted by Crippen LogP contribution is 2.28. The Morgan fingerprint density at radius 3 is 2.76 bits per heavy atom. The molecule has 0 saturated carbocycles. The van der Waals surface area contributed by atoms with Crippen molar-refractivity contribution in [2.24, 2.45) is 0 Å². The van der Waals surface area contributed by atoms with Crippen LogP contribution in [0.3, 0.4) is 0 Å². The van der Waals surface area contributed by atoms with Crippen molar-refractivity contribution in [2.45, 2.75) is 46.1 Å². The van der Waals surface area contributed by atoms with Crippen LogP contribution in [0.15, 0.2) is 18.2 Å². The van der Waals surface area contributed by atoms with Crippen LogP contribution in [-0.4, -0.2) is 22.1 Å². The molecule has 0 fully saturated rings. The summed E-state index contributed by atoms with van der Waals surface area (Å²) in [5, 5.41) is 0.673. The zero-order valence-electron chi connectivity index (χ0n) is 12.7. The monoisotopic (exact) mass is 308 g/mol. The quantitative estimate of drug-likeness (QED) is 0.753. The van der Waals surface area contributed by atoms with Crippen LogP contribution in [0.25, 0.3) is 11.0 Å². The summed E-state index contributed by atoms with van der Waals surface area (Å²) in [7, 11) is 0. The smallest absolute Gasteiger partial charge is 0.316 e. The number of rotatable bonds is 6. The summed E-state index contributed by atoms with van der Waals surface area (Å²) >= 11 is 6.08. The average molecular weight is 309 g/mol. The lowest BCUT2D eigenvalue weighted by molar-refractivity contribution is -0.145. The molecule has 0 aliphatic rings. The van der Waals surface area contributed by atoms with E-state index in [1.54, 1.807) is 0 Å². The first-order valence-electron chi connectivity index (χ1n) is 7.44. The number of halogens is 1. The number of fused-ring (bicyclic) bond motifs is 1. The molecular formula is C16H21ClN2O2. The van der Waals surface area contributed by atoms with Gasteiger partial charge in [0.05, 0.1) is 17.6 Å². The summed E-state index contributed by atoms with van der Waals surface area (Å²) < 4.78 is 7.27. The second-order valence-electron chi connectivity index (χ2n) is 4.94. The van der Waals surface area contributed by atoms with Crippen molar-refractivity contribution in [3.05, 3.63) is 29.0 Å². The fourth-order valence-electron chi connectivity index (χ4n) is 2.60. The molecule has 4 nitrogen and oxygen atoms in total. The fraction of sp³-hybridized carbons (Fsp3) is 0.500. The van der Waals surface area contributed by atoms with Gasteiger partial charge >= 0.3 is 5.97 Å². The van der Waals surface area contributed by atoms with Gasteiger partial charge in [0.15, 0.2) is 0 Å². The van der Waals surface area contributed by atoms with Gasteiger partial charge < -0.3 is 9.30 Å². The van der Waals surface area contributed by atoms with E-state index in [9.17, 15) is 4.79 Å². The number of carbonyl (C=O) groups excluding carboxylic acids is 1. The maximum atomic E-state index is 12.2. The molecule has 1 atom stereocenters. The number of hydrogen-bond donors (Lipinski definition) is 0. The van der Waals surface area contributed by atoms with Gasteiger partial charge in [0, 0.05) is 11.6 Å². The van der Waals surface area contributed by atoms with Gasteiger partial charge in [0.25, 0.3) is 0 Å². The van der Waals surface area contributed by atoms with Crippen LogP contribution in [0, 0.1) is 0 Å². The van der Waals surface area contributed by atoms with E-state index in [1.807, 2.05) is 32.0 Å². The van der Waals surface area contributed by atoms with E-state index in [1.165, 1.54) is 0 Å². The Labute approximate surface area is 130 Å². The summed E-state index contributed by atoms with van der Waals surface area (Å²) in [6.07, 6.45) is 1.63. The highest BCUT2D eigenvalue weighted by atomic mass is 35.5. The number of carbonyl (C=O) groups is 1. The molecular weight excluding hydrogens is 288 g/mol. The maximum absolute atomic E-state index is 12.2. The summed E-state index contributed by atoms with van der Waals surface area (Å²) in [5.74, 6) is 0.256. The second kappa shape index (κ2) is 6.94. The molecule has 1 aromatic carbocycles. The van der Waals surface area contributed by atoms with E-state index in [4.69, 9.17) is 16.3 Å². The highest BCUT2D eigenvalue weighted by molar-refractivity contribution is 6.31. The minimum absolute atomic E-state index is 0.199. The molecule has 0 amide bonds. The first-order chi connectivity index (χ1) is 10.1. The Kier molecular flexibility index (Phi) is 5.23. The van der Waals surface area contributed by atoms with Crippen molar-refractivity contribution >= 4 is 28.6 Å². The molecule has 2 rings (SSSR count). The number of aryl methyl sites for hydroxylation is 1. The Balaban J connectivity index is 2.53. The Hall–Kier alpha value is -1.55. The number of benzene rings is 1. The zero-order chi connectivity index (χ0) is 15.4. The van der Waals surface area contributed by atoms with Crippen molar-refractivity contribution in [2.75, 3.05) is 6.61 Å². The van der Waals surface area contributed by atoms with Crippen LogP contribution in [0.5, 0.6) is 0 Å². The van der Waals surface area contributed by atoms with Gasteiger partial charge in [-0.2, -0.15) is 0 Å². The largest absolute Gasteiger partial charge is 0.465 e. The summed E-state index contributed by atoms with van der Waals surface area (Å²) in [4.78, 5) is 16.9. The molecule has 0 bridgehead atoms. The third-order valence-electron chi connectivity index (χ3n) is 3.52. The predicted molar refractivity (Wildman–Crippen MR) is 84.7 cm³/mol. The van der Waals surface area contributed by atoms with Gasteiger partial charge in [-0.05, 0) is 38.5 Å². The Morgan fingerprint density at radius 1 is 1.38 bits per heavy atom. The zero-order valence-corrected chi connectivity index (χ0v) is 13.5. The standard InChI is InChI=1S/C16H21ClN2O2/c1-4-7-12(16(20)21-6-3)15-18-13-9-8-11(17)10-14(13)19(15)5-2/h8-10,12H,4-7H2,1-3H3. The highest BCUT2D eigenvalue weighted by Gasteiger charge is 2.27. The lowest BCUT2D eigenvalue weighted by atomic mass is 10.0. The molecule has 0 aliphatic heterocycles. The fourth-order valence-corrected chi connectivity index (χ4v) is 2.76. The van der Waals surface area contributed by atoms with Gasteiger partial charge in [-0.15, -0.1) is 0 Å². The first kappa shape index (κ1) is 15.8. The molecule has 2 aromatic rings. The van der Waals surface area contributed by atoms with Crippen molar-refractivity contribution in [3.8, 4) is 0 Å². The molecule has 114 valence electrons. The molecule has 1 unspecified atom stereocenters. The molecule has 0 radical (unpaired) electrons. The number of imidazole rings is 1. The van der Waals surface area contributed by atoms with Gasteiger partial charge in [0.1, 0.15) is 11.7 Å². The van der Waals surface area contributed by atoms with Gasteiger partial charge in [-0.25, -0.2) is 4.98 Å². The van der Waals surface area contributed by atoms with Crippen LogP contribution in [0.4, 0.5) is 0 Å². The van der Waals surface area contributed by atoms with Crippen LogP contribution in [-0.2, 0) is 16.1 Å². The summed E-state index contributed by atoms with van der Waals surface area (Å²) in [6.45, 7) is 7.05. The third kappa shape index (κ3) is 3.21. The lowest BCUT2D eigenvalue weighted by Crippen LogP contribution is -2.20. The van der Waals surface area contributed by atoms with Crippen LogP contribution >= 0.6 is 11.6 Å². The van der Waals surface area contributed by atoms with Gasteiger partial charge in [-0.3, -0.25) is 4.79 Å². The SMILES string of the molecule is CCCC(C(=O)OCC)c1nc2ccc(Cl)cc2n1CC. The van der Waals surface area contributed by atoms with Crippen molar-refractivity contribution in [1.29, 1.82) is 0 Å². The minimum Gasteiger partial charge on any atom is -0.465 e. The van der Waals surface area contributed by atoms with Crippen LogP contribution in [0.2, 0.25) is 5.02 Å². The summed E-state index contributed by atoms with van der Waals surface area (Å²) in [6, 6.07) is 5.60. The van der Waals surface area contributed by atoms with Crippen LogP contribution < -0.4 is 0 Å². The summed E-state index contributed by atoms with van der Waals surface area (Å²) in [5.41, 5.74) is 1.83. The van der Waals surface area contributed by atoms with E-state index in [2.05, 4.69) is 16.5 Å². The lowest BCUT2D eigenvalue weighted by Gasteiger charge is -2.16. The van der Waals surface area contributed by atoms with Crippen molar-refractivity contribution < 1.29 is 9.53 Å². The van der Waals surface area contributed by atoms with E-state index < -0.39 is 0 Å². The molecule has 1 aromatic heterocycles. The first-order valence-corrected chi connectivity index (χ1v) is 7.82. The number of esters is 1. The van der Waals surface area contributed by atoms with Crippen LogP contribution in [0.1, 0.15) is 45.4 Å². The number of nitrogens with zero attached hydrogens (tertiary/aromatic N) is 2. The van der Waals surface area contributed by atoms with E-state index in [-0.39, 0.29) is 11.9 Å². The molecule has 0 N–H and O–H groups in total.